The number of benzene rings is 1. The number of hydrogen-bond acceptors (Lipinski definition) is 5. The van der Waals surface area contributed by atoms with E-state index in [1.807, 2.05) is 0 Å². The maximum atomic E-state index is 11.9. The van der Waals surface area contributed by atoms with Crippen molar-refractivity contribution >= 4 is 11.8 Å². The second kappa shape index (κ2) is 5.49. The Kier molecular flexibility index (Phi) is 3.38. The van der Waals surface area contributed by atoms with Gasteiger partial charge in [0.15, 0.2) is 11.5 Å². The number of hydrazine groups is 1. The number of amides is 2. The summed E-state index contributed by atoms with van der Waals surface area (Å²) in [4.78, 5) is 27.5. The van der Waals surface area contributed by atoms with Gasteiger partial charge in [0, 0.05) is 18.0 Å². The van der Waals surface area contributed by atoms with Crippen molar-refractivity contribution in [3.8, 4) is 11.5 Å². The molecule has 0 aliphatic carbocycles. The Balaban J connectivity index is 1.63. The summed E-state index contributed by atoms with van der Waals surface area (Å²) in [5.41, 5.74) is 5.34. The SMILES string of the molecule is O=C(NNC(=O)c1ccc2c(c1)OCO2)c1cccnc1. The first-order chi connectivity index (χ1) is 10.2. The number of carbonyl (C=O) groups is 2. The highest BCUT2D eigenvalue weighted by molar-refractivity contribution is 5.99. The monoisotopic (exact) mass is 285 g/mol. The minimum Gasteiger partial charge on any atom is -0.454 e. The summed E-state index contributed by atoms with van der Waals surface area (Å²) < 4.78 is 10.3. The minimum atomic E-state index is -0.453. The molecule has 21 heavy (non-hydrogen) atoms. The van der Waals surface area contributed by atoms with Crippen molar-refractivity contribution in [2.45, 2.75) is 0 Å². The third kappa shape index (κ3) is 2.76. The molecule has 1 aromatic heterocycles. The van der Waals surface area contributed by atoms with Gasteiger partial charge >= 0.3 is 0 Å². The van der Waals surface area contributed by atoms with Gasteiger partial charge in [0.1, 0.15) is 0 Å². The standard InChI is InChI=1S/C14H11N3O4/c18-13(9-3-4-11-12(6-9)21-8-20-11)16-17-14(19)10-2-1-5-15-7-10/h1-7H,8H2,(H,16,18)(H,17,19). The van der Waals surface area contributed by atoms with Crippen molar-refractivity contribution in [3.05, 3.63) is 53.9 Å². The summed E-state index contributed by atoms with van der Waals surface area (Å²) in [6, 6.07) is 8.00. The third-order valence-electron chi connectivity index (χ3n) is 2.85. The predicted molar refractivity (Wildman–Crippen MR) is 71.7 cm³/mol. The Bertz CT molecular complexity index is 688. The number of hydrogen-bond donors (Lipinski definition) is 2. The second-order valence-electron chi connectivity index (χ2n) is 4.22. The van der Waals surface area contributed by atoms with Crippen molar-refractivity contribution in [1.29, 1.82) is 0 Å². The molecule has 1 aliphatic rings. The summed E-state index contributed by atoms with van der Waals surface area (Å²) in [6.07, 6.45) is 2.96. The van der Waals surface area contributed by atoms with Crippen LogP contribution in [-0.4, -0.2) is 23.6 Å². The zero-order valence-electron chi connectivity index (χ0n) is 10.8. The van der Waals surface area contributed by atoms with Gasteiger partial charge in [0.2, 0.25) is 6.79 Å². The summed E-state index contributed by atoms with van der Waals surface area (Å²) in [5, 5.41) is 0. The van der Waals surface area contributed by atoms with Gasteiger partial charge < -0.3 is 9.47 Å². The largest absolute Gasteiger partial charge is 0.454 e. The third-order valence-corrected chi connectivity index (χ3v) is 2.85. The molecular weight excluding hydrogens is 274 g/mol. The fraction of sp³-hybridized carbons (Fsp3) is 0.0714. The van der Waals surface area contributed by atoms with Crippen LogP contribution in [0.4, 0.5) is 0 Å². The van der Waals surface area contributed by atoms with Gasteiger partial charge in [-0.3, -0.25) is 25.4 Å². The molecule has 7 nitrogen and oxygen atoms in total. The molecule has 2 amide bonds. The molecule has 0 unspecified atom stereocenters. The Morgan fingerprint density at radius 2 is 1.76 bits per heavy atom. The zero-order chi connectivity index (χ0) is 14.7. The van der Waals surface area contributed by atoms with Crippen molar-refractivity contribution in [2.24, 2.45) is 0 Å². The molecule has 7 heteroatoms. The molecule has 1 aliphatic heterocycles. The van der Waals surface area contributed by atoms with Crippen LogP contribution in [0.1, 0.15) is 20.7 Å². The average Bonchev–Trinajstić information content (AvgIpc) is 3.00. The van der Waals surface area contributed by atoms with Crippen LogP contribution in [0.15, 0.2) is 42.7 Å². The van der Waals surface area contributed by atoms with Crippen molar-refractivity contribution in [3.63, 3.8) is 0 Å². The zero-order valence-corrected chi connectivity index (χ0v) is 10.8. The molecular formula is C14H11N3O4. The first kappa shape index (κ1) is 12.9. The van der Waals surface area contributed by atoms with Crippen molar-refractivity contribution in [1.82, 2.24) is 15.8 Å². The van der Waals surface area contributed by atoms with E-state index in [1.54, 1.807) is 36.5 Å². The van der Waals surface area contributed by atoms with Gasteiger partial charge in [-0.2, -0.15) is 0 Å². The number of ether oxygens (including phenoxy) is 2. The normalized spacial score (nSPS) is 11.8. The van der Waals surface area contributed by atoms with Crippen LogP contribution in [0.2, 0.25) is 0 Å². The molecule has 2 aromatic rings. The molecule has 0 atom stereocenters. The lowest BCUT2D eigenvalue weighted by atomic mass is 10.2. The van der Waals surface area contributed by atoms with Crippen LogP contribution in [0.25, 0.3) is 0 Å². The Hall–Kier alpha value is -3.09. The highest BCUT2D eigenvalue weighted by Gasteiger charge is 2.16. The van der Waals surface area contributed by atoms with Gasteiger partial charge in [0.05, 0.1) is 5.56 Å². The molecule has 0 radical (unpaired) electrons. The molecule has 0 spiro atoms. The van der Waals surface area contributed by atoms with E-state index in [4.69, 9.17) is 9.47 Å². The lowest BCUT2D eigenvalue weighted by molar-refractivity contribution is 0.0846. The number of nitrogens with zero attached hydrogens (tertiary/aromatic N) is 1. The van der Waals surface area contributed by atoms with Crippen LogP contribution >= 0.6 is 0 Å². The maximum absolute atomic E-state index is 11.9. The van der Waals surface area contributed by atoms with Crippen molar-refractivity contribution in [2.75, 3.05) is 6.79 Å². The molecule has 3 rings (SSSR count). The van der Waals surface area contributed by atoms with E-state index in [2.05, 4.69) is 15.8 Å². The van der Waals surface area contributed by atoms with E-state index in [1.165, 1.54) is 6.20 Å². The summed E-state index contributed by atoms with van der Waals surface area (Å²) >= 11 is 0. The first-order valence-electron chi connectivity index (χ1n) is 6.14. The summed E-state index contributed by atoms with van der Waals surface area (Å²) in [5.74, 6) is 0.190. The quantitative estimate of drug-likeness (QED) is 0.800. The average molecular weight is 285 g/mol. The molecule has 0 saturated carbocycles. The summed E-state index contributed by atoms with van der Waals surface area (Å²) in [7, 11) is 0. The molecule has 2 heterocycles. The molecule has 0 saturated heterocycles. The second-order valence-corrected chi connectivity index (χ2v) is 4.22. The van der Waals surface area contributed by atoms with E-state index in [0.29, 0.717) is 22.6 Å². The van der Waals surface area contributed by atoms with Gasteiger partial charge in [0.25, 0.3) is 11.8 Å². The van der Waals surface area contributed by atoms with E-state index >= 15 is 0 Å². The number of carbonyl (C=O) groups excluding carboxylic acids is 2. The van der Waals surface area contributed by atoms with Gasteiger partial charge in [-0.1, -0.05) is 0 Å². The molecule has 1 aromatic carbocycles. The van der Waals surface area contributed by atoms with Crippen LogP contribution in [0.5, 0.6) is 11.5 Å². The highest BCUT2D eigenvalue weighted by Crippen LogP contribution is 2.32. The Morgan fingerprint density at radius 3 is 2.52 bits per heavy atom. The highest BCUT2D eigenvalue weighted by atomic mass is 16.7. The van der Waals surface area contributed by atoms with Crippen LogP contribution in [-0.2, 0) is 0 Å². The van der Waals surface area contributed by atoms with E-state index < -0.39 is 11.8 Å². The van der Waals surface area contributed by atoms with E-state index in [-0.39, 0.29) is 6.79 Å². The maximum Gasteiger partial charge on any atom is 0.271 e. The van der Waals surface area contributed by atoms with Crippen LogP contribution < -0.4 is 20.3 Å². The molecule has 0 fully saturated rings. The number of fused-ring (bicyclic) bond motifs is 1. The number of pyridine rings is 1. The van der Waals surface area contributed by atoms with Gasteiger partial charge in [-0.05, 0) is 30.3 Å². The summed E-state index contributed by atoms with van der Waals surface area (Å²) in [6.45, 7) is 0.137. The fourth-order valence-electron chi connectivity index (χ4n) is 1.79. The number of rotatable bonds is 2. The van der Waals surface area contributed by atoms with Gasteiger partial charge in [-0.25, -0.2) is 0 Å². The van der Waals surface area contributed by atoms with Crippen molar-refractivity contribution < 1.29 is 19.1 Å². The van der Waals surface area contributed by atoms with Gasteiger partial charge in [-0.15, -0.1) is 0 Å². The fourth-order valence-corrected chi connectivity index (χ4v) is 1.79. The van der Waals surface area contributed by atoms with E-state index in [9.17, 15) is 9.59 Å². The predicted octanol–water partition coefficient (Wildman–Crippen LogP) is 0.885. The van der Waals surface area contributed by atoms with Crippen LogP contribution in [0.3, 0.4) is 0 Å². The van der Waals surface area contributed by atoms with Crippen LogP contribution in [0, 0.1) is 0 Å². The van der Waals surface area contributed by atoms with E-state index in [0.717, 1.165) is 0 Å². The number of nitrogens with one attached hydrogen (secondary N) is 2. The number of aromatic nitrogens is 1. The topological polar surface area (TPSA) is 89.6 Å². The minimum absolute atomic E-state index is 0.137. The Labute approximate surface area is 119 Å². The lowest BCUT2D eigenvalue weighted by Gasteiger charge is -2.07. The molecule has 106 valence electrons. The lowest BCUT2D eigenvalue weighted by Crippen LogP contribution is -2.41. The molecule has 2 N–H and O–H groups in total. The molecule has 0 bridgehead atoms. The smallest absolute Gasteiger partial charge is 0.271 e. The first-order valence-corrected chi connectivity index (χ1v) is 6.14. The Morgan fingerprint density at radius 1 is 1.00 bits per heavy atom.